The number of quaternary nitrogens is 1. The third kappa shape index (κ3) is 3.55. The van der Waals surface area contributed by atoms with Gasteiger partial charge in [-0.25, -0.2) is 0 Å². The van der Waals surface area contributed by atoms with Crippen molar-refractivity contribution in [3.05, 3.63) is 46.8 Å². The van der Waals surface area contributed by atoms with Gasteiger partial charge in [-0.15, -0.1) is 0 Å². The molecule has 7 heteroatoms. The fraction of sp³-hybridized carbons (Fsp3) is 0.400. The van der Waals surface area contributed by atoms with Crippen LogP contribution in [0.25, 0.3) is 0 Å². The summed E-state index contributed by atoms with van der Waals surface area (Å²) < 4.78 is 13.0. The Bertz CT molecular complexity index is 903. The molecule has 2 aliphatic heterocycles. The van der Waals surface area contributed by atoms with Crippen molar-refractivity contribution in [2.24, 2.45) is 0 Å². The Kier molecular flexibility index (Phi) is 4.61. The summed E-state index contributed by atoms with van der Waals surface area (Å²) >= 11 is 0. The summed E-state index contributed by atoms with van der Waals surface area (Å²) in [6, 6.07) is 7.88. The normalized spacial score (nSPS) is 18.4. The molecule has 1 unspecified atom stereocenters. The molecule has 0 saturated carbocycles. The molecule has 142 valence electrons. The van der Waals surface area contributed by atoms with Crippen molar-refractivity contribution in [3.63, 3.8) is 0 Å². The summed E-state index contributed by atoms with van der Waals surface area (Å²) in [5.41, 5.74) is 3.83. The molecule has 7 nitrogen and oxygen atoms in total. The first kappa shape index (κ1) is 17.6. The van der Waals surface area contributed by atoms with Crippen molar-refractivity contribution in [2.75, 3.05) is 33.0 Å². The summed E-state index contributed by atoms with van der Waals surface area (Å²) in [5.74, 6) is 1.63. The van der Waals surface area contributed by atoms with E-state index in [4.69, 9.17) is 9.47 Å². The van der Waals surface area contributed by atoms with Gasteiger partial charge in [-0.2, -0.15) is 0 Å². The molecule has 1 aromatic heterocycles. The molecule has 1 fully saturated rings. The molecule has 0 radical (unpaired) electrons. The number of ketones is 1. The molecule has 4 rings (SSSR count). The lowest BCUT2D eigenvalue weighted by atomic mass is 10.1. The Labute approximate surface area is 157 Å². The minimum atomic E-state index is 0.0114. The number of aryl methyl sites for hydroxylation is 1. The van der Waals surface area contributed by atoms with E-state index in [-0.39, 0.29) is 18.5 Å². The maximum atomic E-state index is 12.8. The van der Waals surface area contributed by atoms with E-state index < -0.39 is 0 Å². The van der Waals surface area contributed by atoms with Gasteiger partial charge in [0.2, 0.25) is 12.6 Å². The number of piperazine rings is 1. The van der Waals surface area contributed by atoms with Gasteiger partial charge in [0, 0.05) is 23.5 Å². The van der Waals surface area contributed by atoms with Crippen LogP contribution in [0.15, 0.2) is 24.3 Å². The maximum absolute atomic E-state index is 12.8. The van der Waals surface area contributed by atoms with Crippen LogP contribution >= 0.6 is 0 Å². The van der Waals surface area contributed by atoms with Crippen LogP contribution < -0.4 is 19.7 Å². The van der Waals surface area contributed by atoms with E-state index in [1.165, 1.54) is 0 Å². The predicted molar refractivity (Wildman–Crippen MR) is 98.5 cm³/mol. The zero-order chi connectivity index (χ0) is 19.0. The molecular formula is C20H24N3O4+. The lowest BCUT2D eigenvalue weighted by molar-refractivity contribution is -0.884. The van der Waals surface area contributed by atoms with Crippen LogP contribution in [0.3, 0.4) is 0 Å². The van der Waals surface area contributed by atoms with Gasteiger partial charge in [-0.05, 0) is 37.6 Å². The molecule has 0 bridgehead atoms. The topological polar surface area (TPSA) is 74.0 Å². The first-order valence-electron chi connectivity index (χ1n) is 9.20. The highest BCUT2D eigenvalue weighted by Gasteiger charge is 2.25. The number of hydrogen-bond acceptors (Lipinski definition) is 4. The van der Waals surface area contributed by atoms with Crippen molar-refractivity contribution in [1.82, 2.24) is 9.88 Å². The number of nitrogens with one attached hydrogen (secondary N) is 2. The van der Waals surface area contributed by atoms with E-state index in [1.54, 1.807) is 0 Å². The molecule has 3 heterocycles. The van der Waals surface area contributed by atoms with Crippen LogP contribution in [0.2, 0.25) is 0 Å². The van der Waals surface area contributed by atoms with Gasteiger partial charge in [0.1, 0.15) is 6.54 Å². The fourth-order valence-electron chi connectivity index (χ4n) is 3.78. The molecular weight excluding hydrogens is 346 g/mol. The number of carbonyl (C=O) groups excluding carboxylic acids is 2. The quantitative estimate of drug-likeness (QED) is 0.731. The Hall–Kier alpha value is -2.80. The van der Waals surface area contributed by atoms with E-state index in [0.29, 0.717) is 26.2 Å². The highest BCUT2D eigenvalue weighted by Crippen LogP contribution is 2.33. The van der Waals surface area contributed by atoms with Gasteiger partial charge in [0.25, 0.3) is 5.91 Å². The summed E-state index contributed by atoms with van der Waals surface area (Å²) in [4.78, 5) is 25.4. The molecule has 27 heavy (non-hydrogen) atoms. The molecule has 1 aromatic carbocycles. The van der Waals surface area contributed by atoms with Crippen molar-refractivity contribution in [2.45, 2.75) is 20.4 Å². The van der Waals surface area contributed by atoms with Crippen molar-refractivity contribution >= 4 is 11.7 Å². The SMILES string of the molecule is Cc1cc(C(=O)C[NH+]2CCNC(=O)C2)c(C)n1Cc1ccc2c(c1)OCO2. The summed E-state index contributed by atoms with van der Waals surface area (Å²) in [7, 11) is 0. The monoisotopic (exact) mass is 370 g/mol. The van der Waals surface area contributed by atoms with Crippen molar-refractivity contribution in [1.29, 1.82) is 0 Å². The van der Waals surface area contributed by atoms with Crippen LogP contribution in [0.5, 0.6) is 11.5 Å². The van der Waals surface area contributed by atoms with Gasteiger partial charge < -0.3 is 24.3 Å². The zero-order valence-corrected chi connectivity index (χ0v) is 15.6. The van der Waals surface area contributed by atoms with Crippen LogP contribution in [0.1, 0.15) is 27.3 Å². The maximum Gasteiger partial charge on any atom is 0.275 e. The number of carbonyl (C=O) groups is 2. The number of rotatable bonds is 5. The van der Waals surface area contributed by atoms with Gasteiger partial charge in [0.15, 0.2) is 18.0 Å². The number of ether oxygens (including phenoxy) is 2. The number of amides is 1. The Morgan fingerprint density at radius 1 is 1.22 bits per heavy atom. The van der Waals surface area contributed by atoms with E-state index >= 15 is 0 Å². The molecule has 2 N–H and O–H groups in total. The first-order chi connectivity index (χ1) is 13.0. The van der Waals surface area contributed by atoms with E-state index in [0.717, 1.165) is 45.5 Å². The van der Waals surface area contributed by atoms with E-state index in [9.17, 15) is 9.59 Å². The smallest absolute Gasteiger partial charge is 0.275 e. The Morgan fingerprint density at radius 3 is 2.85 bits per heavy atom. The van der Waals surface area contributed by atoms with Crippen molar-refractivity contribution in [3.8, 4) is 11.5 Å². The summed E-state index contributed by atoms with van der Waals surface area (Å²) in [6.07, 6.45) is 0. The minimum Gasteiger partial charge on any atom is -0.454 e. The molecule has 0 aliphatic carbocycles. The van der Waals surface area contributed by atoms with Gasteiger partial charge in [0.05, 0.1) is 13.1 Å². The number of hydrogen-bond donors (Lipinski definition) is 2. The first-order valence-corrected chi connectivity index (χ1v) is 9.20. The molecule has 0 spiro atoms. The average Bonchev–Trinajstić information content (AvgIpc) is 3.21. The molecule has 1 amide bonds. The average molecular weight is 370 g/mol. The third-order valence-electron chi connectivity index (χ3n) is 5.27. The second-order valence-electron chi connectivity index (χ2n) is 7.19. The number of nitrogens with zero attached hydrogens (tertiary/aromatic N) is 1. The van der Waals surface area contributed by atoms with Crippen LogP contribution in [-0.2, 0) is 11.3 Å². The molecule has 1 saturated heterocycles. The fourth-order valence-corrected chi connectivity index (χ4v) is 3.78. The van der Waals surface area contributed by atoms with E-state index in [1.807, 2.05) is 38.1 Å². The molecule has 1 atom stereocenters. The third-order valence-corrected chi connectivity index (χ3v) is 5.27. The minimum absolute atomic E-state index is 0.0114. The van der Waals surface area contributed by atoms with Crippen molar-refractivity contribution < 1.29 is 24.0 Å². The number of benzene rings is 1. The number of fused-ring (bicyclic) bond motifs is 1. The van der Waals surface area contributed by atoms with Gasteiger partial charge >= 0.3 is 0 Å². The summed E-state index contributed by atoms with van der Waals surface area (Å²) in [5, 5.41) is 2.80. The second-order valence-corrected chi connectivity index (χ2v) is 7.19. The summed E-state index contributed by atoms with van der Waals surface area (Å²) in [6.45, 7) is 7.04. The standard InChI is InChI=1S/C20H23N3O4/c1-13-7-16(17(24)10-22-6-5-21-20(25)11-22)14(2)23(13)9-15-3-4-18-19(8-15)27-12-26-18/h3-4,7-8H,5-6,9-12H2,1-2H3,(H,21,25)/p+1. The molecule has 2 aliphatic rings. The van der Waals surface area contributed by atoms with Gasteiger partial charge in [-0.1, -0.05) is 6.07 Å². The number of aromatic nitrogens is 1. The lowest BCUT2D eigenvalue weighted by Crippen LogP contribution is -3.16. The van der Waals surface area contributed by atoms with Crippen LogP contribution in [0, 0.1) is 13.8 Å². The molecule has 2 aromatic rings. The second kappa shape index (κ2) is 7.08. The highest BCUT2D eigenvalue weighted by atomic mass is 16.7. The Balaban J connectivity index is 1.51. The Morgan fingerprint density at radius 2 is 2.04 bits per heavy atom. The lowest BCUT2D eigenvalue weighted by Gasteiger charge is -2.22. The predicted octanol–water partition coefficient (Wildman–Crippen LogP) is 0.0793. The van der Waals surface area contributed by atoms with Gasteiger partial charge in [-0.3, -0.25) is 9.59 Å². The zero-order valence-electron chi connectivity index (χ0n) is 15.6. The van der Waals surface area contributed by atoms with Crippen LogP contribution in [-0.4, -0.2) is 49.2 Å². The van der Waals surface area contributed by atoms with E-state index in [2.05, 4.69) is 9.88 Å². The largest absolute Gasteiger partial charge is 0.454 e. The van der Waals surface area contributed by atoms with Crippen LogP contribution in [0.4, 0.5) is 0 Å². The number of Topliss-reactive ketones (excluding diaryl/α,β-unsaturated/α-hetero) is 1. The highest BCUT2D eigenvalue weighted by molar-refractivity contribution is 5.98.